The number of hydrogen-bond acceptors (Lipinski definition) is 7. The van der Waals surface area contributed by atoms with Gasteiger partial charge in [0, 0.05) is 52.8 Å². The lowest BCUT2D eigenvalue weighted by Crippen LogP contribution is -2.15. The second-order valence-corrected chi connectivity index (χ2v) is 10.8. The number of hydrogen-bond donors (Lipinski definition) is 5. The first-order valence-electron chi connectivity index (χ1n) is 13.9. The molecule has 4 rings (SSSR count). The number of rotatable bonds is 13. The van der Waals surface area contributed by atoms with Crippen molar-refractivity contribution in [1.82, 2.24) is 9.88 Å². The molecule has 0 saturated carbocycles. The number of methoxy groups -OCH3 is 1. The first-order valence-corrected chi connectivity index (χ1v) is 15.5. The van der Waals surface area contributed by atoms with Gasteiger partial charge in [0.15, 0.2) is 0 Å². The molecule has 10 heteroatoms. The van der Waals surface area contributed by atoms with Crippen molar-refractivity contribution in [3.63, 3.8) is 0 Å². The number of halogens is 1. The minimum Gasteiger partial charge on any atom is -0.497 e. The van der Waals surface area contributed by atoms with E-state index in [9.17, 15) is 9.59 Å². The second kappa shape index (κ2) is 17.0. The Hall–Kier alpha value is -3.27. The number of benzene rings is 3. The van der Waals surface area contributed by atoms with Crippen molar-refractivity contribution in [3.05, 3.63) is 88.1 Å². The van der Waals surface area contributed by atoms with Gasteiger partial charge in [0.1, 0.15) is 5.75 Å². The number of carbonyl (C=O) groups is 2. The predicted octanol–water partition coefficient (Wildman–Crippen LogP) is 6.52. The number of ether oxygens (including phenoxy) is 1. The summed E-state index contributed by atoms with van der Waals surface area (Å²) in [4.78, 5) is 23.2. The second-order valence-electron chi connectivity index (χ2n) is 9.45. The molecular formula is C32H39ClN4O3S2. The van der Waals surface area contributed by atoms with E-state index in [0.717, 1.165) is 77.6 Å². The van der Waals surface area contributed by atoms with Crippen LogP contribution in [0.4, 0.5) is 11.4 Å². The van der Waals surface area contributed by atoms with Crippen LogP contribution in [-0.4, -0.2) is 55.1 Å². The molecular weight excluding hydrogens is 588 g/mol. The van der Waals surface area contributed by atoms with E-state index >= 15 is 0 Å². The number of nitrogens with one attached hydrogen (secondary N) is 3. The van der Waals surface area contributed by atoms with Crippen LogP contribution in [0.25, 0.3) is 10.9 Å². The van der Waals surface area contributed by atoms with Gasteiger partial charge in [-0.1, -0.05) is 24.6 Å². The SMILES string of the molecule is CCc1c(C)n(C(=O)c2ccc(Cl)cc2)c2ccc(OC)cc12.O=CNCCc1ccc(NCCS)c(NCCS)c1. The van der Waals surface area contributed by atoms with Gasteiger partial charge >= 0.3 is 0 Å². The summed E-state index contributed by atoms with van der Waals surface area (Å²) >= 11 is 14.3. The zero-order valence-corrected chi connectivity index (χ0v) is 26.8. The van der Waals surface area contributed by atoms with Crippen molar-refractivity contribution in [3.8, 4) is 5.75 Å². The van der Waals surface area contributed by atoms with Crippen molar-refractivity contribution in [2.24, 2.45) is 0 Å². The molecule has 1 aromatic heterocycles. The van der Waals surface area contributed by atoms with Gasteiger partial charge in [-0.25, -0.2) is 0 Å². The molecule has 0 aliphatic carbocycles. The highest BCUT2D eigenvalue weighted by Gasteiger charge is 2.19. The molecule has 0 radical (unpaired) electrons. The van der Waals surface area contributed by atoms with E-state index in [1.807, 2.05) is 25.1 Å². The van der Waals surface area contributed by atoms with Crippen LogP contribution in [0.15, 0.2) is 60.7 Å². The number of thiol groups is 2. The molecule has 0 unspecified atom stereocenters. The summed E-state index contributed by atoms with van der Waals surface area (Å²) in [6.45, 7) is 6.37. The Balaban J connectivity index is 0.000000236. The highest BCUT2D eigenvalue weighted by Crippen LogP contribution is 2.30. The zero-order chi connectivity index (χ0) is 30.5. The number of carbonyl (C=O) groups excluding carboxylic acids is 2. The van der Waals surface area contributed by atoms with Crippen LogP contribution < -0.4 is 20.7 Å². The number of fused-ring (bicyclic) bond motifs is 1. The van der Waals surface area contributed by atoms with Crippen LogP contribution >= 0.6 is 36.9 Å². The standard InChI is InChI=1S/C19H18ClNO2.C13H21N3OS2/c1-4-16-12(2)21(18-10-9-15(23-3)11-17(16)18)19(22)13-5-7-14(20)8-6-13;17-10-14-4-3-11-1-2-12(15-5-7-18)13(9-11)16-6-8-19/h5-11H,4H2,1-3H3;1-2,9-10,15-16,18-19H,3-8H2,(H,14,17). The predicted molar refractivity (Wildman–Crippen MR) is 183 cm³/mol. The number of aromatic nitrogens is 1. The molecule has 3 aromatic carbocycles. The van der Waals surface area contributed by atoms with Gasteiger partial charge in [-0.2, -0.15) is 25.3 Å². The van der Waals surface area contributed by atoms with E-state index < -0.39 is 0 Å². The first kappa shape index (κ1) is 33.2. The third-order valence-electron chi connectivity index (χ3n) is 6.77. The average Bonchev–Trinajstić information content (AvgIpc) is 3.29. The lowest BCUT2D eigenvalue weighted by Gasteiger charge is -2.14. The molecule has 4 aromatic rings. The van der Waals surface area contributed by atoms with Crippen LogP contribution in [0.3, 0.4) is 0 Å². The summed E-state index contributed by atoms with van der Waals surface area (Å²) in [7, 11) is 1.65. The number of anilines is 2. The Morgan fingerprint density at radius 2 is 1.64 bits per heavy atom. The first-order chi connectivity index (χ1) is 20.4. The fraction of sp³-hybridized carbons (Fsp3) is 0.312. The summed E-state index contributed by atoms with van der Waals surface area (Å²) < 4.78 is 7.10. The molecule has 0 saturated heterocycles. The number of nitrogens with zero attached hydrogens (tertiary/aromatic N) is 1. The monoisotopic (exact) mass is 626 g/mol. The van der Waals surface area contributed by atoms with Crippen LogP contribution in [0.1, 0.15) is 34.1 Å². The smallest absolute Gasteiger partial charge is 0.262 e. The third kappa shape index (κ3) is 8.63. The maximum atomic E-state index is 13.0. The molecule has 0 fully saturated rings. The maximum Gasteiger partial charge on any atom is 0.262 e. The van der Waals surface area contributed by atoms with Crippen molar-refractivity contribution in [1.29, 1.82) is 0 Å². The summed E-state index contributed by atoms with van der Waals surface area (Å²) in [5, 5.41) is 11.0. The van der Waals surface area contributed by atoms with Crippen molar-refractivity contribution < 1.29 is 14.3 Å². The highest BCUT2D eigenvalue weighted by atomic mass is 35.5. The van der Waals surface area contributed by atoms with E-state index in [4.69, 9.17) is 16.3 Å². The van der Waals surface area contributed by atoms with Crippen LogP contribution in [0.2, 0.25) is 5.02 Å². The zero-order valence-electron chi connectivity index (χ0n) is 24.2. The molecule has 0 bridgehead atoms. The van der Waals surface area contributed by atoms with E-state index in [2.05, 4.69) is 66.3 Å². The van der Waals surface area contributed by atoms with Gasteiger partial charge < -0.3 is 20.7 Å². The number of amides is 1. The van der Waals surface area contributed by atoms with Crippen LogP contribution in [0, 0.1) is 6.92 Å². The van der Waals surface area contributed by atoms with E-state index in [1.165, 1.54) is 11.1 Å². The van der Waals surface area contributed by atoms with Crippen molar-refractivity contribution in [2.75, 3.05) is 48.9 Å². The summed E-state index contributed by atoms with van der Waals surface area (Å²) in [6.07, 6.45) is 2.40. The topological polar surface area (TPSA) is 84.4 Å². The minimum absolute atomic E-state index is 0.0472. The van der Waals surface area contributed by atoms with Gasteiger partial charge in [-0.3, -0.25) is 14.2 Å². The van der Waals surface area contributed by atoms with Gasteiger partial charge in [0.2, 0.25) is 6.41 Å². The average molecular weight is 627 g/mol. The van der Waals surface area contributed by atoms with Gasteiger partial charge in [-0.15, -0.1) is 0 Å². The molecule has 224 valence electrons. The van der Waals surface area contributed by atoms with Gasteiger partial charge in [0.25, 0.3) is 5.91 Å². The normalized spacial score (nSPS) is 10.5. The molecule has 7 nitrogen and oxygen atoms in total. The molecule has 1 amide bonds. The summed E-state index contributed by atoms with van der Waals surface area (Å²) in [6, 6.07) is 19.0. The van der Waals surface area contributed by atoms with E-state index in [-0.39, 0.29) is 5.91 Å². The third-order valence-corrected chi connectivity index (χ3v) is 7.47. The molecule has 0 aliphatic rings. The number of aryl methyl sites for hydroxylation is 1. The minimum atomic E-state index is -0.0472. The molecule has 0 spiro atoms. The van der Waals surface area contributed by atoms with Gasteiger partial charge in [-0.05, 0) is 85.5 Å². The van der Waals surface area contributed by atoms with E-state index in [1.54, 1.807) is 35.9 Å². The van der Waals surface area contributed by atoms with Crippen molar-refractivity contribution >= 4 is 71.5 Å². The fourth-order valence-electron chi connectivity index (χ4n) is 4.72. The Bertz CT molecular complexity index is 1480. The molecule has 0 atom stereocenters. The van der Waals surface area contributed by atoms with Crippen LogP contribution in [0.5, 0.6) is 5.75 Å². The van der Waals surface area contributed by atoms with Gasteiger partial charge in [0.05, 0.1) is 24.0 Å². The van der Waals surface area contributed by atoms with E-state index in [0.29, 0.717) is 17.1 Å². The molecule has 42 heavy (non-hydrogen) atoms. The quantitative estimate of drug-likeness (QED) is 0.0663. The molecule has 1 heterocycles. The Morgan fingerprint density at radius 1 is 0.952 bits per heavy atom. The Morgan fingerprint density at radius 3 is 2.26 bits per heavy atom. The lowest BCUT2D eigenvalue weighted by atomic mass is 10.1. The molecule has 3 N–H and O–H groups in total. The van der Waals surface area contributed by atoms with Crippen molar-refractivity contribution in [2.45, 2.75) is 26.7 Å². The Kier molecular flexibility index (Phi) is 13.4. The highest BCUT2D eigenvalue weighted by molar-refractivity contribution is 7.80. The Labute approximate surface area is 264 Å². The summed E-state index contributed by atoms with van der Waals surface area (Å²) in [5.41, 5.74) is 6.99. The lowest BCUT2D eigenvalue weighted by molar-refractivity contribution is -0.109. The summed E-state index contributed by atoms with van der Waals surface area (Å²) in [5.74, 6) is 2.32. The fourth-order valence-corrected chi connectivity index (χ4v) is 5.07. The molecule has 0 aliphatic heterocycles. The maximum absolute atomic E-state index is 13.0. The van der Waals surface area contributed by atoms with Crippen LogP contribution in [-0.2, 0) is 17.6 Å². The largest absolute Gasteiger partial charge is 0.497 e.